The van der Waals surface area contributed by atoms with Crippen molar-refractivity contribution in [2.45, 2.75) is 38.6 Å². The zero-order valence-corrected chi connectivity index (χ0v) is 10.6. The molecule has 1 aromatic rings. The average Bonchev–Trinajstić information content (AvgIpc) is 2.87. The van der Waals surface area contributed by atoms with Gasteiger partial charge in [-0.1, -0.05) is 6.92 Å². The molecule has 0 spiro atoms. The standard InChI is InChI=1S/C12H15N3OS/c1-2-9(14)11(16)15-12-8(6-13)7-4-3-5-10(7)17-12/h9H,2-5,14H2,1H3,(H,15,16)/t9-/m1/s1. The van der Waals surface area contributed by atoms with E-state index in [4.69, 9.17) is 11.0 Å². The second-order valence-corrected chi connectivity index (χ2v) is 5.28. The van der Waals surface area contributed by atoms with Gasteiger partial charge in [-0.3, -0.25) is 4.79 Å². The first-order valence-electron chi connectivity index (χ1n) is 5.78. The molecule has 1 heterocycles. The van der Waals surface area contributed by atoms with Crippen molar-refractivity contribution >= 4 is 22.2 Å². The van der Waals surface area contributed by atoms with Crippen LogP contribution >= 0.6 is 11.3 Å². The Labute approximate surface area is 104 Å². The summed E-state index contributed by atoms with van der Waals surface area (Å²) >= 11 is 1.52. The fourth-order valence-electron chi connectivity index (χ4n) is 2.00. The molecule has 0 radical (unpaired) electrons. The van der Waals surface area contributed by atoms with Crippen molar-refractivity contribution in [2.75, 3.05) is 5.32 Å². The highest BCUT2D eigenvalue weighted by Crippen LogP contribution is 2.38. The Balaban J connectivity index is 2.23. The number of rotatable bonds is 3. The predicted molar refractivity (Wildman–Crippen MR) is 68.0 cm³/mol. The molecular formula is C12H15N3OS. The molecule has 0 saturated carbocycles. The third-order valence-corrected chi connectivity index (χ3v) is 4.25. The SMILES string of the molecule is CC[C@@H](N)C(=O)Nc1sc2c(c1C#N)CCC2. The van der Waals surface area contributed by atoms with Crippen LogP contribution in [0.4, 0.5) is 5.00 Å². The third kappa shape index (κ3) is 2.19. The van der Waals surface area contributed by atoms with Gasteiger partial charge in [-0.25, -0.2) is 0 Å². The summed E-state index contributed by atoms with van der Waals surface area (Å²) in [5.74, 6) is -0.205. The molecule has 1 aliphatic rings. The molecular weight excluding hydrogens is 234 g/mol. The maximum Gasteiger partial charge on any atom is 0.241 e. The first-order chi connectivity index (χ1) is 8.17. The molecule has 3 N–H and O–H groups in total. The highest BCUT2D eigenvalue weighted by Gasteiger charge is 2.23. The van der Waals surface area contributed by atoms with Crippen LogP contribution in [0.3, 0.4) is 0 Å². The van der Waals surface area contributed by atoms with Crippen LogP contribution in [0.15, 0.2) is 0 Å². The summed E-state index contributed by atoms with van der Waals surface area (Å²) in [6.07, 6.45) is 3.67. The average molecular weight is 249 g/mol. The zero-order valence-electron chi connectivity index (χ0n) is 9.75. The lowest BCUT2D eigenvalue weighted by Crippen LogP contribution is -2.34. The molecule has 0 saturated heterocycles. The first kappa shape index (κ1) is 12.1. The summed E-state index contributed by atoms with van der Waals surface area (Å²) in [6.45, 7) is 1.86. The minimum atomic E-state index is -0.501. The molecule has 1 aliphatic carbocycles. The molecule has 5 heteroatoms. The van der Waals surface area contributed by atoms with E-state index in [-0.39, 0.29) is 5.91 Å². The van der Waals surface area contributed by atoms with E-state index in [0.717, 1.165) is 24.8 Å². The van der Waals surface area contributed by atoms with Gasteiger partial charge in [-0.2, -0.15) is 5.26 Å². The highest BCUT2D eigenvalue weighted by atomic mass is 32.1. The number of thiophene rings is 1. The van der Waals surface area contributed by atoms with Crippen LogP contribution in [0.5, 0.6) is 0 Å². The minimum absolute atomic E-state index is 0.205. The number of hydrogen-bond acceptors (Lipinski definition) is 4. The molecule has 0 aromatic carbocycles. The van der Waals surface area contributed by atoms with E-state index >= 15 is 0 Å². The lowest BCUT2D eigenvalue weighted by atomic mass is 10.1. The van der Waals surface area contributed by atoms with Gasteiger partial charge in [0.15, 0.2) is 0 Å². The molecule has 90 valence electrons. The third-order valence-electron chi connectivity index (χ3n) is 3.05. The van der Waals surface area contributed by atoms with E-state index in [1.165, 1.54) is 16.2 Å². The number of carbonyl (C=O) groups is 1. The number of carbonyl (C=O) groups excluding carboxylic acids is 1. The van der Waals surface area contributed by atoms with Gasteiger partial charge < -0.3 is 11.1 Å². The number of nitrogens with two attached hydrogens (primary N) is 1. The number of fused-ring (bicyclic) bond motifs is 1. The fourth-order valence-corrected chi connectivity index (χ4v) is 3.24. The second kappa shape index (κ2) is 4.86. The Morgan fingerprint density at radius 1 is 1.65 bits per heavy atom. The van der Waals surface area contributed by atoms with Crippen molar-refractivity contribution in [1.29, 1.82) is 5.26 Å². The molecule has 17 heavy (non-hydrogen) atoms. The van der Waals surface area contributed by atoms with Crippen LogP contribution in [0.1, 0.15) is 35.8 Å². The summed E-state index contributed by atoms with van der Waals surface area (Å²) in [5, 5.41) is 12.6. The van der Waals surface area contributed by atoms with Gasteiger partial charge in [-0.05, 0) is 31.2 Å². The van der Waals surface area contributed by atoms with Gasteiger partial charge in [-0.15, -0.1) is 11.3 Å². The van der Waals surface area contributed by atoms with Gasteiger partial charge in [0.25, 0.3) is 0 Å². The Kier molecular flexibility index (Phi) is 3.46. The molecule has 0 unspecified atom stereocenters. The monoisotopic (exact) mass is 249 g/mol. The van der Waals surface area contributed by atoms with E-state index in [9.17, 15) is 4.79 Å². The Morgan fingerprint density at radius 3 is 3.06 bits per heavy atom. The zero-order chi connectivity index (χ0) is 12.4. The molecule has 0 bridgehead atoms. The second-order valence-electron chi connectivity index (χ2n) is 4.18. The number of nitrogens with one attached hydrogen (secondary N) is 1. The normalized spacial score (nSPS) is 15.1. The number of nitrogens with zero attached hydrogens (tertiary/aromatic N) is 1. The summed E-state index contributed by atoms with van der Waals surface area (Å²) in [7, 11) is 0. The van der Waals surface area contributed by atoms with Crippen molar-refractivity contribution < 1.29 is 4.79 Å². The predicted octanol–water partition coefficient (Wildman–Crippen LogP) is 1.78. The summed E-state index contributed by atoms with van der Waals surface area (Å²) in [6, 6.07) is 1.69. The van der Waals surface area contributed by atoms with Crippen LogP contribution in [-0.2, 0) is 17.6 Å². The summed E-state index contributed by atoms with van der Waals surface area (Å²) in [5.41, 5.74) is 7.42. The number of aryl methyl sites for hydroxylation is 1. The van der Waals surface area contributed by atoms with Crippen molar-refractivity contribution in [3.8, 4) is 6.07 Å². The van der Waals surface area contributed by atoms with Crippen molar-refractivity contribution in [1.82, 2.24) is 0 Å². The smallest absolute Gasteiger partial charge is 0.241 e. The van der Waals surface area contributed by atoms with Crippen LogP contribution in [0.25, 0.3) is 0 Å². The van der Waals surface area contributed by atoms with E-state index in [2.05, 4.69) is 11.4 Å². The van der Waals surface area contributed by atoms with Gasteiger partial charge in [0.1, 0.15) is 11.1 Å². The van der Waals surface area contributed by atoms with E-state index in [0.29, 0.717) is 17.0 Å². The maximum atomic E-state index is 11.7. The number of nitriles is 1. The van der Waals surface area contributed by atoms with Gasteiger partial charge in [0.2, 0.25) is 5.91 Å². The van der Waals surface area contributed by atoms with Gasteiger partial charge in [0.05, 0.1) is 11.6 Å². The fraction of sp³-hybridized carbons (Fsp3) is 0.500. The highest BCUT2D eigenvalue weighted by molar-refractivity contribution is 7.16. The molecule has 1 atom stereocenters. The maximum absolute atomic E-state index is 11.7. The van der Waals surface area contributed by atoms with Crippen LogP contribution in [0, 0.1) is 11.3 Å². The van der Waals surface area contributed by atoms with Crippen LogP contribution in [0.2, 0.25) is 0 Å². The number of amides is 1. The number of hydrogen-bond donors (Lipinski definition) is 2. The van der Waals surface area contributed by atoms with Gasteiger partial charge in [0, 0.05) is 4.88 Å². The lowest BCUT2D eigenvalue weighted by Gasteiger charge is -2.08. The van der Waals surface area contributed by atoms with E-state index in [1.807, 2.05) is 6.92 Å². The van der Waals surface area contributed by atoms with Crippen molar-refractivity contribution in [3.05, 3.63) is 16.0 Å². The van der Waals surface area contributed by atoms with Crippen molar-refractivity contribution in [2.24, 2.45) is 5.73 Å². The van der Waals surface area contributed by atoms with Crippen molar-refractivity contribution in [3.63, 3.8) is 0 Å². The molecule has 0 fully saturated rings. The van der Waals surface area contributed by atoms with E-state index < -0.39 is 6.04 Å². The lowest BCUT2D eigenvalue weighted by molar-refractivity contribution is -0.117. The molecule has 1 amide bonds. The topological polar surface area (TPSA) is 78.9 Å². The molecule has 1 aromatic heterocycles. The Morgan fingerprint density at radius 2 is 2.41 bits per heavy atom. The van der Waals surface area contributed by atoms with Crippen LogP contribution in [-0.4, -0.2) is 11.9 Å². The largest absolute Gasteiger partial charge is 0.320 e. The quantitative estimate of drug-likeness (QED) is 0.857. The first-order valence-corrected chi connectivity index (χ1v) is 6.60. The van der Waals surface area contributed by atoms with Gasteiger partial charge >= 0.3 is 0 Å². The molecule has 2 rings (SSSR count). The Bertz CT molecular complexity index is 487. The Hall–Kier alpha value is -1.38. The minimum Gasteiger partial charge on any atom is -0.320 e. The molecule has 4 nitrogen and oxygen atoms in total. The summed E-state index contributed by atoms with van der Waals surface area (Å²) < 4.78 is 0. The number of anilines is 1. The van der Waals surface area contributed by atoms with Crippen LogP contribution < -0.4 is 11.1 Å². The summed E-state index contributed by atoms with van der Waals surface area (Å²) in [4.78, 5) is 12.9. The van der Waals surface area contributed by atoms with E-state index in [1.54, 1.807) is 0 Å². The molecule has 0 aliphatic heterocycles.